The van der Waals surface area contributed by atoms with Gasteiger partial charge in [0.2, 0.25) is 11.1 Å². The van der Waals surface area contributed by atoms with Gasteiger partial charge in [-0.25, -0.2) is 4.68 Å². The lowest BCUT2D eigenvalue weighted by Crippen LogP contribution is -2.38. The fourth-order valence-electron chi connectivity index (χ4n) is 2.33. The van der Waals surface area contributed by atoms with E-state index in [1.807, 2.05) is 16.3 Å². The van der Waals surface area contributed by atoms with Gasteiger partial charge in [0.05, 0.1) is 12.3 Å². The van der Waals surface area contributed by atoms with Crippen molar-refractivity contribution in [1.82, 2.24) is 25.1 Å². The lowest BCUT2D eigenvalue weighted by atomic mass is 10.1. The van der Waals surface area contributed by atoms with Crippen molar-refractivity contribution < 1.29 is 4.79 Å². The molecule has 0 aliphatic carbocycles. The summed E-state index contributed by atoms with van der Waals surface area (Å²) in [5.41, 5.74) is 0. The van der Waals surface area contributed by atoms with E-state index in [1.54, 1.807) is 16.0 Å². The van der Waals surface area contributed by atoms with E-state index >= 15 is 0 Å². The summed E-state index contributed by atoms with van der Waals surface area (Å²) in [6.07, 6.45) is 0. The van der Waals surface area contributed by atoms with Crippen molar-refractivity contribution in [3.05, 3.63) is 22.4 Å². The summed E-state index contributed by atoms with van der Waals surface area (Å²) in [6, 6.07) is 4.06. The van der Waals surface area contributed by atoms with E-state index in [-0.39, 0.29) is 5.91 Å². The first-order valence-corrected chi connectivity index (χ1v) is 10.0. The zero-order valence-corrected chi connectivity index (χ0v) is 16.3. The molecule has 0 saturated carbocycles. The van der Waals surface area contributed by atoms with Crippen molar-refractivity contribution in [2.24, 2.45) is 11.8 Å². The molecule has 2 aromatic heterocycles. The van der Waals surface area contributed by atoms with Gasteiger partial charge < -0.3 is 4.90 Å². The van der Waals surface area contributed by atoms with Crippen LogP contribution in [0.15, 0.2) is 22.7 Å². The quantitative estimate of drug-likeness (QED) is 0.638. The van der Waals surface area contributed by atoms with Gasteiger partial charge in [0.15, 0.2) is 0 Å². The lowest BCUT2D eigenvalue weighted by molar-refractivity contribution is -0.129. The monoisotopic (exact) mass is 367 g/mol. The molecular weight excluding hydrogens is 342 g/mol. The van der Waals surface area contributed by atoms with Crippen LogP contribution in [0, 0.1) is 11.8 Å². The first kappa shape index (κ1) is 18.9. The van der Waals surface area contributed by atoms with Crippen LogP contribution in [0.25, 0.3) is 0 Å². The zero-order chi connectivity index (χ0) is 17.5. The summed E-state index contributed by atoms with van der Waals surface area (Å²) in [4.78, 5) is 15.7. The molecule has 0 saturated heterocycles. The molecule has 6 nitrogen and oxygen atoms in total. The minimum Gasteiger partial charge on any atom is -0.341 e. The van der Waals surface area contributed by atoms with Gasteiger partial charge in [-0.2, -0.15) is 0 Å². The molecule has 0 aliphatic rings. The Hall–Kier alpha value is -1.41. The minimum atomic E-state index is 0.146. The molecule has 0 aliphatic heterocycles. The number of nitrogens with zero attached hydrogens (tertiary/aromatic N) is 5. The Morgan fingerprint density at radius 3 is 2.58 bits per heavy atom. The first-order chi connectivity index (χ1) is 11.5. The third-order valence-electron chi connectivity index (χ3n) is 3.23. The standard InChI is InChI=1S/C16H25N5OS2/c1-12(2)8-20(9-13(3)4)15(22)11-24-16-17-18-19-21(16)10-14-6-5-7-23-14/h5-7,12-13H,8-11H2,1-4H3. The van der Waals surface area contributed by atoms with Gasteiger partial charge in [-0.1, -0.05) is 45.5 Å². The Morgan fingerprint density at radius 2 is 2.00 bits per heavy atom. The van der Waals surface area contributed by atoms with Crippen LogP contribution >= 0.6 is 23.1 Å². The minimum absolute atomic E-state index is 0.146. The number of thiophene rings is 1. The topological polar surface area (TPSA) is 63.9 Å². The molecule has 0 aromatic carbocycles. The smallest absolute Gasteiger partial charge is 0.233 e. The van der Waals surface area contributed by atoms with Crippen molar-refractivity contribution in [3.8, 4) is 0 Å². The molecule has 2 heterocycles. The summed E-state index contributed by atoms with van der Waals surface area (Å²) in [5.74, 6) is 1.43. The molecule has 2 aromatic rings. The SMILES string of the molecule is CC(C)CN(CC(C)C)C(=O)CSc1nnnn1Cc1cccs1. The largest absolute Gasteiger partial charge is 0.341 e. The van der Waals surface area contributed by atoms with Crippen molar-refractivity contribution >= 4 is 29.0 Å². The third kappa shape index (κ3) is 5.90. The maximum atomic E-state index is 12.6. The molecule has 0 fully saturated rings. The van der Waals surface area contributed by atoms with Crippen LogP contribution in [0.2, 0.25) is 0 Å². The van der Waals surface area contributed by atoms with Gasteiger partial charge in [-0.3, -0.25) is 4.79 Å². The fourth-order valence-corrected chi connectivity index (χ4v) is 3.79. The second-order valence-electron chi connectivity index (χ2n) is 6.57. The molecule has 0 spiro atoms. The van der Waals surface area contributed by atoms with Crippen LogP contribution < -0.4 is 0 Å². The lowest BCUT2D eigenvalue weighted by Gasteiger charge is -2.26. The Balaban J connectivity index is 1.94. The highest BCUT2D eigenvalue weighted by Gasteiger charge is 2.18. The van der Waals surface area contributed by atoms with Crippen molar-refractivity contribution in [2.75, 3.05) is 18.8 Å². The predicted octanol–water partition coefficient (Wildman–Crippen LogP) is 3.02. The van der Waals surface area contributed by atoms with Crippen LogP contribution in [0.3, 0.4) is 0 Å². The van der Waals surface area contributed by atoms with Crippen molar-refractivity contribution in [3.63, 3.8) is 0 Å². The molecule has 0 atom stereocenters. The van der Waals surface area contributed by atoms with Crippen LogP contribution in [-0.2, 0) is 11.3 Å². The van der Waals surface area contributed by atoms with E-state index < -0.39 is 0 Å². The van der Waals surface area contributed by atoms with Gasteiger partial charge >= 0.3 is 0 Å². The zero-order valence-electron chi connectivity index (χ0n) is 14.7. The fraction of sp³-hybridized carbons (Fsp3) is 0.625. The summed E-state index contributed by atoms with van der Waals surface area (Å²) >= 11 is 3.08. The van der Waals surface area contributed by atoms with Crippen LogP contribution in [0.1, 0.15) is 32.6 Å². The van der Waals surface area contributed by atoms with Crippen LogP contribution in [0.4, 0.5) is 0 Å². The number of carbonyl (C=O) groups excluding carboxylic acids is 1. The number of thioether (sulfide) groups is 1. The second-order valence-corrected chi connectivity index (χ2v) is 8.55. The average molecular weight is 368 g/mol. The number of hydrogen-bond acceptors (Lipinski definition) is 6. The molecule has 0 radical (unpaired) electrons. The molecule has 132 valence electrons. The molecule has 0 unspecified atom stereocenters. The van der Waals surface area contributed by atoms with E-state index in [4.69, 9.17) is 0 Å². The van der Waals surface area contributed by atoms with Crippen molar-refractivity contribution in [2.45, 2.75) is 39.4 Å². The van der Waals surface area contributed by atoms with Crippen LogP contribution in [0.5, 0.6) is 0 Å². The Kier molecular flexibility index (Phi) is 7.23. The predicted molar refractivity (Wildman–Crippen MR) is 98.2 cm³/mol. The number of aromatic nitrogens is 4. The van der Waals surface area contributed by atoms with E-state index in [0.717, 1.165) is 13.1 Å². The van der Waals surface area contributed by atoms with Gasteiger partial charge in [0.1, 0.15) is 0 Å². The van der Waals surface area contributed by atoms with Gasteiger partial charge in [-0.15, -0.1) is 16.4 Å². The normalized spacial score (nSPS) is 11.4. The Morgan fingerprint density at radius 1 is 1.29 bits per heavy atom. The first-order valence-electron chi connectivity index (χ1n) is 8.14. The molecule has 8 heteroatoms. The highest BCUT2D eigenvalue weighted by molar-refractivity contribution is 7.99. The van der Waals surface area contributed by atoms with Gasteiger partial charge in [0.25, 0.3) is 0 Å². The number of amides is 1. The molecule has 2 rings (SSSR count). The Labute approximate surface area is 151 Å². The molecule has 1 amide bonds. The van der Waals surface area contributed by atoms with Crippen molar-refractivity contribution in [1.29, 1.82) is 0 Å². The molecule has 24 heavy (non-hydrogen) atoms. The highest BCUT2D eigenvalue weighted by atomic mass is 32.2. The van der Waals surface area contributed by atoms with Gasteiger partial charge in [0, 0.05) is 18.0 Å². The maximum absolute atomic E-state index is 12.6. The summed E-state index contributed by atoms with van der Waals surface area (Å²) in [5, 5.41) is 14.5. The second kappa shape index (κ2) is 9.17. The molecule has 0 N–H and O–H groups in total. The molecular formula is C16H25N5OS2. The third-order valence-corrected chi connectivity index (χ3v) is 5.04. The molecule has 0 bridgehead atoms. The average Bonchev–Trinajstić information content (AvgIpc) is 3.15. The summed E-state index contributed by atoms with van der Waals surface area (Å²) in [7, 11) is 0. The van der Waals surface area contributed by atoms with E-state index in [9.17, 15) is 4.79 Å². The summed E-state index contributed by atoms with van der Waals surface area (Å²) in [6.45, 7) is 10.8. The van der Waals surface area contributed by atoms with E-state index in [2.05, 4.69) is 49.3 Å². The highest BCUT2D eigenvalue weighted by Crippen LogP contribution is 2.18. The Bertz CT molecular complexity index is 614. The van der Waals surface area contributed by atoms with Gasteiger partial charge in [-0.05, 0) is 33.7 Å². The number of tetrazole rings is 1. The van der Waals surface area contributed by atoms with E-state index in [0.29, 0.717) is 29.3 Å². The maximum Gasteiger partial charge on any atom is 0.233 e. The number of rotatable bonds is 9. The number of hydrogen-bond donors (Lipinski definition) is 0. The number of carbonyl (C=O) groups is 1. The summed E-state index contributed by atoms with van der Waals surface area (Å²) < 4.78 is 1.75. The van der Waals surface area contributed by atoms with Crippen LogP contribution in [-0.4, -0.2) is 49.9 Å². The van der Waals surface area contributed by atoms with E-state index in [1.165, 1.54) is 16.6 Å².